The molecule has 0 unspecified atom stereocenters. The summed E-state index contributed by atoms with van der Waals surface area (Å²) >= 11 is 0. The van der Waals surface area contributed by atoms with Crippen LogP contribution in [0.1, 0.15) is 35.1 Å². The Hall–Kier alpha value is -6.20. The first kappa shape index (κ1) is 33.4. The molecule has 0 aliphatic heterocycles. The number of ether oxygens (including phenoxy) is 2. The van der Waals surface area contributed by atoms with Gasteiger partial charge in [-0.2, -0.15) is 0 Å². The van der Waals surface area contributed by atoms with E-state index in [1.807, 2.05) is 12.1 Å². The Morgan fingerprint density at radius 2 is 0.745 bits per heavy atom. The number of fused-ring (bicyclic) bond motifs is 12. The van der Waals surface area contributed by atoms with E-state index >= 15 is 0 Å². The Bertz CT molecular complexity index is 2570. The number of aliphatic hydroxyl groups excluding tert-OH is 2. The highest BCUT2D eigenvalue weighted by Gasteiger charge is 2.51. The van der Waals surface area contributed by atoms with Crippen LogP contribution >= 0.6 is 0 Å². The first-order valence-corrected chi connectivity index (χ1v) is 19.2. The molecule has 2 aliphatic rings. The molecule has 2 aliphatic carbocycles. The fraction of sp³-hybridized carbons (Fsp3) is 0.137. The second kappa shape index (κ2) is 13.6. The molecule has 0 radical (unpaired) electrons. The van der Waals surface area contributed by atoms with Crippen LogP contribution in [0, 0.1) is 0 Å². The van der Waals surface area contributed by atoms with Gasteiger partial charge in [0, 0.05) is 26.1 Å². The first-order chi connectivity index (χ1) is 27.1. The normalized spacial score (nSPS) is 13.1. The van der Waals surface area contributed by atoms with Crippen molar-refractivity contribution in [2.45, 2.75) is 18.3 Å². The highest BCUT2D eigenvalue weighted by atomic mass is 16.5. The molecule has 268 valence electrons. The maximum atomic E-state index is 9.16. The summed E-state index contributed by atoms with van der Waals surface area (Å²) in [5.41, 5.74) is 14.7. The van der Waals surface area contributed by atoms with Crippen molar-refractivity contribution < 1.29 is 19.7 Å². The summed E-state index contributed by atoms with van der Waals surface area (Å²) in [6, 6.07) is 57.8. The van der Waals surface area contributed by atoms with Gasteiger partial charge in [0.2, 0.25) is 0 Å². The van der Waals surface area contributed by atoms with Gasteiger partial charge >= 0.3 is 0 Å². The summed E-state index contributed by atoms with van der Waals surface area (Å²) in [4.78, 5) is 0. The smallest absolute Gasteiger partial charge is 0.119 e. The predicted molar refractivity (Wildman–Crippen MR) is 223 cm³/mol. The summed E-state index contributed by atoms with van der Waals surface area (Å²) in [5.74, 6) is 1.64. The molecule has 0 aromatic heterocycles. The van der Waals surface area contributed by atoms with E-state index in [4.69, 9.17) is 19.7 Å². The van der Waals surface area contributed by atoms with Crippen molar-refractivity contribution in [3.05, 3.63) is 180 Å². The third kappa shape index (κ3) is 5.44. The molecule has 10 rings (SSSR count). The number of benzene rings is 8. The standard InChI is InChI=1S/C51H40O4/c52-23-5-25-54-41-19-15-35-27-33(11-13-37(35)29-41)39-17-21-45-43-7-1-3-9-47(43)51(49(45)31-39)48-10-4-2-8-44(48)46-22-18-40(32-50(46)51)34-12-14-38-30-42(55-26-6-24-53)20-16-36(38)28-34/h1-4,7-22,27-32,52-53H,5-6,23-26H2. The van der Waals surface area contributed by atoms with Crippen LogP contribution in [0.2, 0.25) is 0 Å². The van der Waals surface area contributed by atoms with Crippen molar-refractivity contribution >= 4 is 21.5 Å². The maximum absolute atomic E-state index is 9.16. The summed E-state index contributed by atoms with van der Waals surface area (Å²) in [5, 5.41) is 22.9. The fourth-order valence-corrected chi connectivity index (χ4v) is 8.99. The zero-order chi connectivity index (χ0) is 36.9. The fourth-order valence-electron chi connectivity index (χ4n) is 8.99. The lowest BCUT2D eigenvalue weighted by molar-refractivity contribution is 0.233. The van der Waals surface area contributed by atoms with Crippen molar-refractivity contribution in [2.75, 3.05) is 26.4 Å². The van der Waals surface area contributed by atoms with Crippen molar-refractivity contribution in [3.63, 3.8) is 0 Å². The SMILES string of the molecule is OCCCOc1ccc2cc(-c3ccc4c(c3)C3(c5ccccc5-4)c4ccccc4-c4ccc(-c5ccc6cc(OCCCO)ccc6c5)cc43)ccc2c1. The minimum atomic E-state index is -0.473. The molecular formula is C51H40O4. The average molecular weight is 717 g/mol. The van der Waals surface area contributed by atoms with Gasteiger partial charge in [0.25, 0.3) is 0 Å². The van der Waals surface area contributed by atoms with Gasteiger partial charge in [-0.25, -0.2) is 0 Å². The van der Waals surface area contributed by atoms with Gasteiger partial charge in [0.15, 0.2) is 0 Å². The molecule has 55 heavy (non-hydrogen) atoms. The van der Waals surface area contributed by atoms with Crippen molar-refractivity contribution in [2.24, 2.45) is 0 Å². The Kier molecular flexibility index (Phi) is 8.24. The highest BCUT2D eigenvalue weighted by Crippen LogP contribution is 2.63. The van der Waals surface area contributed by atoms with E-state index in [2.05, 4.69) is 146 Å². The molecule has 2 N–H and O–H groups in total. The molecule has 0 heterocycles. The van der Waals surface area contributed by atoms with Gasteiger partial charge in [-0.05, 0) is 137 Å². The van der Waals surface area contributed by atoms with E-state index in [0.29, 0.717) is 26.1 Å². The second-order valence-corrected chi connectivity index (χ2v) is 14.7. The lowest BCUT2D eigenvalue weighted by Gasteiger charge is -2.31. The molecule has 0 saturated carbocycles. The largest absolute Gasteiger partial charge is 0.493 e. The van der Waals surface area contributed by atoms with Gasteiger partial charge in [0.1, 0.15) is 11.5 Å². The second-order valence-electron chi connectivity index (χ2n) is 14.7. The minimum Gasteiger partial charge on any atom is -0.493 e. The maximum Gasteiger partial charge on any atom is 0.119 e. The van der Waals surface area contributed by atoms with Crippen molar-refractivity contribution in [3.8, 4) is 56.0 Å². The molecule has 8 aromatic carbocycles. The Balaban J connectivity index is 1.11. The molecule has 1 spiro atoms. The summed E-state index contributed by atoms with van der Waals surface area (Å²) in [6.07, 6.45) is 1.23. The third-order valence-corrected chi connectivity index (χ3v) is 11.5. The van der Waals surface area contributed by atoms with Crippen molar-refractivity contribution in [1.29, 1.82) is 0 Å². The molecule has 4 nitrogen and oxygen atoms in total. The van der Waals surface area contributed by atoms with Crippen molar-refractivity contribution in [1.82, 2.24) is 0 Å². The van der Waals surface area contributed by atoms with Gasteiger partial charge in [-0.3, -0.25) is 0 Å². The summed E-state index contributed by atoms with van der Waals surface area (Å²) in [7, 11) is 0. The number of rotatable bonds is 10. The average Bonchev–Trinajstić information content (AvgIpc) is 3.70. The van der Waals surface area contributed by atoms with Gasteiger partial charge in [0.05, 0.1) is 18.6 Å². The topological polar surface area (TPSA) is 58.9 Å². The molecule has 0 fully saturated rings. The van der Waals surface area contributed by atoms with E-state index in [9.17, 15) is 0 Å². The zero-order valence-corrected chi connectivity index (χ0v) is 30.5. The van der Waals surface area contributed by atoms with Crippen LogP contribution in [-0.4, -0.2) is 36.6 Å². The predicted octanol–water partition coefficient (Wildman–Crippen LogP) is 11.2. The number of hydrogen-bond donors (Lipinski definition) is 2. The summed E-state index contributed by atoms with van der Waals surface area (Å²) in [6.45, 7) is 1.24. The summed E-state index contributed by atoms with van der Waals surface area (Å²) < 4.78 is 11.7. The van der Waals surface area contributed by atoms with Crippen LogP contribution in [0.25, 0.3) is 66.1 Å². The third-order valence-electron chi connectivity index (χ3n) is 11.5. The Morgan fingerprint density at radius 3 is 1.22 bits per heavy atom. The monoisotopic (exact) mass is 716 g/mol. The number of aliphatic hydroxyl groups is 2. The van der Waals surface area contributed by atoms with E-state index < -0.39 is 5.41 Å². The Morgan fingerprint density at radius 1 is 0.364 bits per heavy atom. The van der Waals surface area contributed by atoms with E-state index in [-0.39, 0.29) is 13.2 Å². The van der Waals surface area contributed by atoms with Gasteiger partial charge < -0.3 is 19.7 Å². The molecule has 0 atom stereocenters. The van der Waals surface area contributed by atoms with E-state index in [1.54, 1.807) is 0 Å². The molecule has 4 heteroatoms. The lowest BCUT2D eigenvalue weighted by Crippen LogP contribution is -2.26. The quantitative estimate of drug-likeness (QED) is 0.138. The van der Waals surface area contributed by atoms with Crippen LogP contribution < -0.4 is 9.47 Å². The minimum absolute atomic E-state index is 0.123. The van der Waals surface area contributed by atoms with E-state index in [0.717, 1.165) is 33.0 Å². The molecule has 0 amide bonds. The molecule has 0 bridgehead atoms. The van der Waals surface area contributed by atoms with Gasteiger partial charge in [-0.1, -0.05) is 109 Å². The zero-order valence-electron chi connectivity index (χ0n) is 30.5. The number of hydrogen-bond acceptors (Lipinski definition) is 4. The van der Waals surface area contributed by atoms with Crippen LogP contribution in [-0.2, 0) is 5.41 Å². The van der Waals surface area contributed by atoms with E-state index in [1.165, 1.54) is 66.8 Å². The molecule has 8 aromatic rings. The lowest BCUT2D eigenvalue weighted by atomic mass is 9.70. The van der Waals surface area contributed by atoms with Crippen LogP contribution in [0.5, 0.6) is 11.5 Å². The van der Waals surface area contributed by atoms with Crippen LogP contribution in [0.4, 0.5) is 0 Å². The molecular weight excluding hydrogens is 677 g/mol. The van der Waals surface area contributed by atoms with Crippen LogP contribution in [0.15, 0.2) is 158 Å². The Labute approximate surface area is 320 Å². The highest BCUT2D eigenvalue weighted by molar-refractivity contribution is 5.98. The van der Waals surface area contributed by atoms with Crippen LogP contribution in [0.3, 0.4) is 0 Å². The first-order valence-electron chi connectivity index (χ1n) is 19.2. The van der Waals surface area contributed by atoms with Gasteiger partial charge in [-0.15, -0.1) is 0 Å². The molecule has 0 saturated heterocycles.